The molecular weight excluding hydrogens is 380 g/mol. The molecule has 0 saturated heterocycles. The molecule has 2 aromatic carbocycles. The number of rotatable bonds is 6. The molecule has 0 bridgehead atoms. The monoisotopic (exact) mass is 400 g/mol. The minimum atomic E-state index is -0.432. The number of fused-ring (bicyclic) bond motifs is 1. The molecule has 1 aromatic heterocycles. The van der Waals surface area contributed by atoms with Gasteiger partial charge in [0.2, 0.25) is 0 Å². The SMILES string of the molecule is Cc1cc(OCCCC(=O)Oc2ccc3c(C)cc(=O)oc3c2)cc(C)c1Cl. The molecule has 146 valence electrons. The van der Waals surface area contributed by atoms with Gasteiger partial charge < -0.3 is 13.9 Å². The summed E-state index contributed by atoms with van der Waals surface area (Å²) in [6, 6.07) is 10.2. The van der Waals surface area contributed by atoms with E-state index in [2.05, 4.69) is 0 Å². The number of benzene rings is 2. The van der Waals surface area contributed by atoms with Crippen LogP contribution in [-0.2, 0) is 4.79 Å². The summed E-state index contributed by atoms with van der Waals surface area (Å²) < 4.78 is 16.2. The summed E-state index contributed by atoms with van der Waals surface area (Å²) in [7, 11) is 0. The van der Waals surface area contributed by atoms with Crippen molar-refractivity contribution in [2.75, 3.05) is 6.61 Å². The van der Waals surface area contributed by atoms with Crippen molar-refractivity contribution in [1.29, 1.82) is 0 Å². The van der Waals surface area contributed by atoms with Crippen LogP contribution in [0.5, 0.6) is 11.5 Å². The highest BCUT2D eigenvalue weighted by Crippen LogP contribution is 2.26. The molecule has 0 aliphatic carbocycles. The molecule has 0 aliphatic heterocycles. The Kier molecular flexibility index (Phi) is 6.05. The lowest BCUT2D eigenvalue weighted by atomic mass is 10.1. The summed E-state index contributed by atoms with van der Waals surface area (Å²) in [5.74, 6) is 0.699. The second-order valence-electron chi connectivity index (χ2n) is 6.70. The van der Waals surface area contributed by atoms with E-state index in [9.17, 15) is 9.59 Å². The summed E-state index contributed by atoms with van der Waals surface area (Å²) >= 11 is 6.14. The van der Waals surface area contributed by atoms with Crippen molar-refractivity contribution in [1.82, 2.24) is 0 Å². The van der Waals surface area contributed by atoms with Crippen molar-refractivity contribution in [3.8, 4) is 11.5 Å². The number of halogens is 1. The van der Waals surface area contributed by atoms with Gasteiger partial charge in [-0.15, -0.1) is 0 Å². The smallest absolute Gasteiger partial charge is 0.336 e. The molecule has 0 unspecified atom stereocenters. The number of carbonyl (C=O) groups is 1. The minimum absolute atomic E-state index is 0.210. The molecule has 0 radical (unpaired) electrons. The summed E-state index contributed by atoms with van der Waals surface area (Å²) in [6.45, 7) is 6.06. The molecule has 0 aliphatic rings. The number of esters is 1. The van der Waals surface area contributed by atoms with Gasteiger partial charge in [0.05, 0.1) is 6.61 Å². The van der Waals surface area contributed by atoms with Gasteiger partial charge >= 0.3 is 11.6 Å². The van der Waals surface area contributed by atoms with Gasteiger partial charge in [-0.2, -0.15) is 0 Å². The highest BCUT2D eigenvalue weighted by atomic mass is 35.5. The minimum Gasteiger partial charge on any atom is -0.494 e. The number of ether oxygens (including phenoxy) is 2. The van der Waals surface area contributed by atoms with Crippen molar-refractivity contribution in [2.45, 2.75) is 33.6 Å². The molecule has 1 heterocycles. The Hall–Kier alpha value is -2.79. The molecule has 3 rings (SSSR count). The molecule has 3 aromatic rings. The van der Waals surface area contributed by atoms with Crippen LogP contribution in [-0.4, -0.2) is 12.6 Å². The average molecular weight is 401 g/mol. The summed E-state index contributed by atoms with van der Waals surface area (Å²) in [4.78, 5) is 23.6. The fourth-order valence-electron chi connectivity index (χ4n) is 2.95. The lowest BCUT2D eigenvalue weighted by Crippen LogP contribution is -2.10. The van der Waals surface area contributed by atoms with Gasteiger partial charge in [0.25, 0.3) is 0 Å². The van der Waals surface area contributed by atoms with Gasteiger partial charge in [0.15, 0.2) is 0 Å². The molecule has 0 N–H and O–H groups in total. The van der Waals surface area contributed by atoms with E-state index in [0.717, 1.165) is 32.8 Å². The molecule has 5 nitrogen and oxygen atoms in total. The van der Waals surface area contributed by atoms with Gasteiger partial charge in [-0.05, 0) is 68.1 Å². The lowest BCUT2D eigenvalue weighted by Gasteiger charge is -2.10. The molecule has 0 fully saturated rings. The van der Waals surface area contributed by atoms with Crippen LogP contribution in [0.15, 0.2) is 45.6 Å². The largest absolute Gasteiger partial charge is 0.494 e. The fraction of sp³-hybridized carbons (Fsp3) is 0.273. The van der Waals surface area contributed by atoms with Gasteiger partial charge in [-0.3, -0.25) is 4.79 Å². The molecule has 6 heteroatoms. The van der Waals surface area contributed by atoms with Crippen LogP contribution in [0.3, 0.4) is 0 Å². The summed E-state index contributed by atoms with van der Waals surface area (Å²) in [5.41, 5.74) is 2.68. The predicted octanol–water partition coefficient (Wildman–Crippen LogP) is 5.14. The van der Waals surface area contributed by atoms with E-state index in [1.165, 1.54) is 6.07 Å². The Balaban J connectivity index is 1.53. The second-order valence-corrected chi connectivity index (χ2v) is 7.08. The van der Waals surface area contributed by atoms with E-state index in [1.54, 1.807) is 18.2 Å². The number of hydrogen-bond donors (Lipinski definition) is 0. The van der Waals surface area contributed by atoms with Crippen molar-refractivity contribution in [3.05, 3.63) is 68.5 Å². The van der Waals surface area contributed by atoms with Crippen LogP contribution in [0.25, 0.3) is 11.0 Å². The Morgan fingerprint density at radius 3 is 2.43 bits per heavy atom. The maximum absolute atomic E-state index is 12.1. The quantitative estimate of drug-likeness (QED) is 0.248. The number of aryl methyl sites for hydroxylation is 3. The normalized spacial score (nSPS) is 10.9. The van der Waals surface area contributed by atoms with E-state index < -0.39 is 5.63 Å². The second kappa shape index (κ2) is 8.48. The first-order valence-electron chi connectivity index (χ1n) is 8.98. The van der Waals surface area contributed by atoms with Crippen LogP contribution in [0.1, 0.15) is 29.5 Å². The van der Waals surface area contributed by atoms with Gasteiger partial charge in [0, 0.05) is 29.0 Å². The van der Waals surface area contributed by atoms with Crippen LogP contribution in [0, 0.1) is 20.8 Å². The molecule has 0 spiro atoms. The third-order valence-electron chi connectivity index (χ3n) is 4.36. The van der Waals surface area contributed by atoms with Crippen molar-refractivity contribution in [3.63, 3.8) is 0 Å². The zero-order chi connectivity index (χ0) is 20.3. The maximum atomic E-state index is 12.1. The first kappa shape index (κ1) is 20.0. The van der Waals surface area contributed by atoms with Crippen molar-refractivity contribution in [2.24, 2.45) is 0 Å². The zero-order valence-electron chi connectivity index (χ0n) is 16.0. The first-order valence-corrected chi connectivity index (χ1v) is 9.36. The molecule has 28 heavy (non-hydrogen) atoms. The number of carbonyl (C=O) groups excluding carboxylic acids is 1. The van der Waals surface area contributed by atoms with E-state index in [4.69, 9.17) is 25.5 Å². The highest BCUT2D eigenvalue weighted by molar-refractivity contribution is 6.32. The van der Waals surface area contributed by atoms with Crippen LogP contribution >= 0.6 is 11.6 Å². The van der Waals surface area contributed by atoms with E-state index >= 15 is 0 Å². The topological polar surface area (TPSA) is 65.7 Å². The van der Waals surface area contributed by atoms with Crippen LogP contribution in [0.4, 0.5) is 0 Å². The predicted molar refractivity (Wildman–Crippen MR) is 109 cm³/mol. The third kappa shape index (κ3) is 4.73. The van der Waals surface area contributed by atoms with Crippen LogP contribution < -0.4 is 15.1 Å². The molecule has 0 amide bonds. The standard InChI is InChI=1S/C22H21ClO5/c1-13-11-21(25)28-19-12-16(6-7-18(13)19)27-20(24)5-4-8-26-17-9-14(2)22(23)15(3)10-17/h6-7,9-12H,4-5,8H2,1-3H3. The molecule has 0 saturated carbocycles. The third-order valence-corrected chi connectivity index (χ3v) is 4.95. The number of hydrogen-bond acceptors (Lipinski definition) is 5. The van der Waals surface area contributed by atoms with Crippen molar-refractivity contribution < 1.29 is 18.7 Å². The van der Waals surface area contributed by atoms with E-state index in [1.807, 2.05) is 32.9 Å². The first-order chi connectivity index (χ1) is 13.3. The van der Waals surface area contributed by atoms with Gasteiger partial charge in [0.1, 0.15) is 17.1 Å². The summed E-state index contributed by atoms with van der Waals surface area (Å²) in [6.07, 6.45) is 0.725. The molecule has 0 atom stereocenters. The Morgan fingerprint density at radius 1 is 1.00 bits per heavy atom. The van der Waals surface area contributed by atoms with Crippen LogP contribution in [0.2, 0.25) is 5.02 Å². The fourth-order valence-corrected chi connectivity index (χ4v) is 3.06. The Morgan fingerprint density at radius 2 is 1.71 bits per heavy atom. The molecular formula is C22H21ClO5. The highest BCUT2D eigenvalue weighted by Gasteiger charge is 2.09. The maximum Gasteiger partial charge on any atom is 0.336 e. The van der Waals surface area contributed by atoms with Gasteiger partial charge in [-0.1, -0.05) is 11.6 Å². The lowest BCUT2D eigenvalue weighted by molar-refractivity contribution is -0.134. The van der Waals surface area contributed by atoms with Gasteiger partial charge in [-0.25, -0.2) is 4.79 Å². The summed E-state index contributed by atoms with van der Waals surface area (Å²) in [5, 5.41) is 1.54. The Bertz CT molecular complexity index is 1060. The van der Waals surface area contributed by atoms with Crippen molar-refractivity contribution >= 4 is 28.5 Å². The Labute approximate surface area is 167 Å². The van der Waals surface area contributed by atoms with E-state index in [0.29, 0.717) is 24.4 Å². The zero-order valence-corrected chi connectivity index (χ0v) is 16.8. The van der Waals surface area contributed by atoms with E-state index in [-0.39, 0.29) is 12.4 Å². The average Bonchev–Trinajstić information content (AvgIpc) is 2.62.